The van der Waals surface area contributed by atoms with E-state index < -0.39 is 11.7 Å². The molecule has 0 spiro atoms. The molecule has 0 radical (unpaired) electrons. The van der Waals surface area contributed by atoms with Gasteiger partial charge in [0.1, 0.15) is 29.6 Å². The van der Waals surface area contributed by atoms with E-state index in [2.05, 4.69) is 47.7 Å². The lowest BCUT2D eigenvalue weighted by atomic mass is 9.84. The first-order valence-corrected chi connectivity index (χ1v) is 16.0. The van der Waals surface area contributed by atoms with E-state index in [4.69, 9.17) is 19.4 Å². The largest absolute Gasteiger partial charge is 0.483 e. The molecule has 41 heavy (non-hydrogen) atoms. The van der Waals surface area contributed by atoms with Gasteiger partial charge in [0.25, 0.3) is 0 Å². The number of hydrogen-bond acceptors (Lipinski definition) is 9. The second kappa shape index (κ2) is 10.6. The van der Waals surface area contributed by atoms with Crippen molar-refractivity contribution in [2.24, 2.45) is 0 Å². The maximum absolute atomic E-state index is 14.0. The molecule has 9 nitrogen and oxygen atoms in total. The summed E-state index contributed by atoms with van der Waals surface area (Å²) in [5.41, 5.74) is 3.33. The van der Waals surface area contributed by atoms with E-state index in [0.29, 0.717) is 23.2 Å². The Hall–Kier alpha value is -2.56. The third kappa shape index (κ3) is 5.39. The summed E-state index contributed by atoms with van der Waals surface area (Å²) in [6.45, 7) is 18.3. The number of rotatable bonds is 3. The number of thioether (sulfide) groups is 1. The van der Waals surface area contributed by atoms with Crippen LogP contribution in [-0.2, 0) is 4.74 Å². The topological polar surface area (TPSA) is 74.3 Å². The Balaban J connectivity index is 1.41. The molecule has 10 heteroatoms. The van der Waals surface area contributed by atoms with Crippen LogP contribution < -0.4 is 14.5 Å². The van der Waals surface area contributed by atoms with Crippen LogP contribution in [0.2, 0.25) is 0 Å². The van der Waals surface area contributed by atoms with Gasteiger partial charge >= 0.3 is 6.09 Å². The van der Waals surface area contributed by atoms with E-state index in [0.717, 1.165) is 67.7 Å². The summed E-state index contributed by atoms with van der Waals surface area (Å²) in [7, 11) is 2.21. The predicted octanol–water partition coefficient (Wildman–Crippen LogP) is 5.36. The van der Waals surface area contributed by atoms with Crippen LogP contribution in [-0.4, -0.2) is 94.8 Å². The highest BCUT2D eigenvalue weighted by Gasteiger charge is 2.45. The van der Waals surface area contributed by atoms with E-state index in [1.807, 2.05) is 39.5 Å². The van der Waals surface area contributed by atoms with Gasteiger partial charge in [0.15, 0.2) is 5.82 Å². The fourth-order valence-corrected chi connectivity index (χ4v) is 7.59. The van der Waals surface area contributed by atoms with Crippen molar-refractivity contribution in [2.75, 3.05) is 67.6 Å². The molecule has 6 rings (SSSR count). The summed E-state index contributed by atoms with van der Waals surface area (Å²) in [5.74, 6) is 4.56. The first kappa shape index (κ1) is 28.6. The highest BCUT2D eigenvalue weighted by atomic mass is 32.2. The number of anilines is 3. The van der Waals surface area contributed by atoms with Crippen molar-refractivity contribution in [3.8, 4) is 5.75 Å². The highest BCUT2D eigenvalue weighted by molar-refractivity contribution is 7.99. The Morgan fingerprint density at radius 2 is 1.83 bits per heavy atom. The lowest BCUT2D eigenvalue weighted by molar-refractivity contribution is 0.0300. The smallest absolute Gasteiger partial charge is 0.420 e. The summed E-state index contributed by atoms with van der Waals surface area (Å²) in [6.07, 6.45) is 1.98. The Labute approximate surface area is 248 Å². The van der Waals surface area contributed by atoms with Crippen molar-refractivity contribution in [2.45, 2.75) is 71.1 Å². The molecule has 3 fully saturated rings. The average Bonchev–Trinajstić information content (AvgIpc) is 3.16. The van der Waals surface area contributed by atoms with Crippen molar-refractivity contribution >= 4 is 35.2 Å². The molecule has 0 bridgehead atoms. The number of likely N-dealkylation sites (N-methyl/N-ethyl adjacent to an activating group) is 1. The molecule has 1 aromatic heterocycles. The number of aryl methyl sites for hydroxylation is 1. The third-order valence-corrected chi connectivity index (χ3v) is 9.86. The molecule has 4 aliphatic heterocycles. The maximum Gasteiger partial charge on any atom is 0.420 e. The van der Waals surface area contributed by atoms with Crippen molar-refractivity contribution < 1.29 is 14.3 Å². The SMILES string of the molecule is Cc1cc(C2CN(C3(C)CCN(C)C3)C2)cc2c1OC(C)c1c(N3CCSCC3)ncnc1N2C(=O)OC(C)(C)C. The third-order valence-electron chi connectivity index (χ3n) is 8.92. The van der Waals surface area contributed by atoms with Gasteiger partial charge < -0.3 is 19.3 Å². The quantitative estimate of drug-likeness (QED) is 0.477. The molecule has 2 atom stereocenters. The van der Waals surface area contributed by atoms with Gasteiger partial charge in [0.2, 0.25) is 0 Å². The zero-order valence-electron chi connectivity index (χ0n) is 25.6. The lowest BCUT2D eigenvalue weighted by Crippen LogP contribution is -2.58. The molecule has 3 saturated heterocycles. The minimum Gasteiger partial charge on any atom is -0.483 e. The van der Waals surface area contributed by atoms with Crippen LogP contribution >= 0.6 is 11.8 Å². The van der Waals surface area contributed by atoms with Gasteiger partial charge in [0, 0.05) is 55.7 Å². The van der Waals surface area contributed by atoms with E-state index in [1.165, 1.54) is 12.0 Å². The molecule has 1 amide bonds. The number of carbonyl (C=O) groups is 1. The van der Waals surface area contributed by atoms with Crippen LogP contribution in [0, 0.1) is 6.92 Å². The molecule has 5 heterocycles. The van der Waals surface area contributed by atoms with Crippen LogP contribution in [0.3, 0.4) is 0 Å². The van der Waals surface area contributed by atoms with E-state index in [-0.39, 0.29) is 11.6 Å². The van der Waals surface area contributed by atoms with Crippen molar-refractivity contribution in [3.05, 3.63) is 35.2 Å². The van der Waals surface area contributed by atoms with Crippen LogP contribution in [0.5, 0.6) is 5.75 Å². The first-order valence-electron chi connectivity index (χ1n) is 14.9. The Kier molecular flexibility index (Phi) is 7.39. The first-order chi connectivity index (χ1) is 19.4. The number of benzene rings is 1. The molecular weight excluding hydrogens is 536 g/mol. The van der Waals surface area contributed by atoms with Crippen LogP contribution in [0.15, 0.2) is 18.5 Å². The molecule has 2 aromatic rings. The number of carbonyl (C=O) groups excluding carboxylic acids is 1. The number of likely N-dealkylation sites (tertiary alicyclic amines) is 2. The van der Waals surface area contributed by atoms with Crippen LogP contribution in [0.1, 0.15) is 69.8 Å². The molecular formula is C31H44N6O3S. The zero-order valence-corrected chi connectivity index (χ0v) is 26.4. The fourth-order valence-electron chi connectivity index (χ4n) is 6.69. The summed E-state index contributed by atoms with van der Waals surface area (Å²) < 4.78 is 12.7. The predicted molar refractivity (Wildman–Crippen MR) is 165 cm³/mol. The molecule has 0 N–H and O–H groups in total. The number of hydrogen-bond donors (Lipinski definition) is 0. The lowest BCUT2D eigenvalue weighted by Gasteiger charge is -2.49. The van der Waals surface area contributed by atoms with Crippen molar-refractivity contribution in [3.63, 3.8) is 0 Å². The number of amides is 1. The second-order valence-electron chi connectivity index (χ2n) is 13.4. The van der Waals surface area contributed by atoms with Gasteiger partial charge in [-0.3, -0.25) is 4.90 Å². The highest BCUT2D eigenvalue weighted by Crippen LogP contribution is 2.49. The Bertz CT molecular complexity index is 1320. The zero-order chi connectivity index (χ0) is 29.1. The Morgan fingerprint density at radius 3 is 2.49 bits per heavy atom. The summed E-state index contributed by atoms with van der Waals surface area (Å²) in [5, 5.41) is 0. The summed E-state index contributed by atoms with van der Waals surface area (Å²) >= 11 is 1.95. The summed E-state index contributed by atoms with van der Waals surface area (Å²) in [4.78, 5) is 32.5. The van der Waals surface area contributed by atoms with Crippen LogP contribution in [0.25, 0.3) is 0 Å². The van der Waals surface area contributed by atoms with E-state index in [9.17, 15) is 4.79 Å². The minimum atomic E-state index is -0.666. The van der Waals surface area contributed by atoms with Gasteiger partial charge in [0.05, 0.1) is 11.3 Å². The summed E-state index contributed by atoms with van der Waals surface area (Å²) in [6, 6.07) is 4.38. The van der Waals surface area contributed by atoms with Crippen molar-refractivity contribution in [1.82, 2.24) is 19.8 Å². The number of nitrogens with zero attached hydrogens (tertiary/aromatic N) is 6. The van der Waals surface area contributed by atoms with Crippen molar-refractivity contribution in [1.29, 1.82) is 0 Å². The molecule has 0 saturated carbocycles. The van der Waals surface area contributed by atoms with Gasteiger partial charge in [-0.05, 0) is 78.7 Å². The molecule has 1 aromatic carbocycles. The number of aromatic nitrogens is 2. The van der Waals surface area contributed by atoms with E-state index >= 15 is 0 Å². The van der Waals surface area contributed by atoms with Gasteiger partial charge in [-0.1, -0.05) is 6.07 Å². The van der Waals surface area contributed by atoms with E-state index in [1.54, 1.807) is 11.2 Å². The van der Waals surface area contributed by atoms with Gasteiger partial charge in [-0.25, -0.2) is 19.7 Å². The maximum atomic E-state index is 14.0. The van der Waals surface area contributed by atoms with Gasteiger partial charge in [-0.2, -0.15) is 11.8 Å². The fraction of sp³-hybridized carbons (Fsp3) is 0.645. The molecule has 0 aliphatic carbocycles. The average molecular weight is 581 g/mol. The van der Waals surface area contributed by atoms with Crippen LogP contribution in [0.4, 0.5) is 22.1 Å². The molecule has 2 unspecified atom stereocenters. The normalized spacial score (nSPS) is 25.7. The Morgan fingerprint density at radius 1 is 1.12 bits per heavy atom. The monoisotopic (exact) mass is 580 g/mol. The number of ether oxygens (including phenoxy) is 2. The minimum absolute atomic E-state index is 0.228. The van der Waals surface area contributed by atoms with Gasteiger partial charge in [-0.15, -0.1) is 0 Å². The molecule has 4 aliphatic rings. The second-order valence-corrected chi connectivity index (χ2v) is 14.6. The standard InChI is InChI=1S/C31H44N6O3S/c1-20-14-22(23-16-36(17-23)31(6)8-9-34(7)18-31)15-24-26(20)39-21(2)25-27(35-10-12-41-13-11-35)32-19-33-28(25)37(24)29(38)40-30(3,4)5/h14-15,19,21,23H,8-13,16-18H2,1-7H3. The molecule has 222 valence electrons. The number of fused-ring (bicyclic) bond motifs is 2.